The fourth-order valence-electron chi connectivity index (χ4n) is 4.37. The summed E-state index contributed by atoms with van der Waals surface area (Å²) in [5, 5.41) is 0. The van der Waals surface area contributed by atoms with E-state index in [1.54, 1.807) is 0 Å². The molecule has 102 valence electrons. The Kier molecular flexibility index (Phi) is 2.20. The average Bonchev–Trinajstić information content (AvgIpc) is 2.36. The van der Waals surface area contributed by atoms with Crippen LogP contribution in [0.4, 0.5) is 0 Å². The second kappa shape index (κ2) is 3.54. The molecule has 0 N–H and O–H groups in total. The predicted octanol–water partition coefficient (Wildman–Crippen LogP) is 4.10. The van der Waals surface area contributed by atoms with Crippen LogP contribution in [-0.2, 0) is 4.74 Å². The van der Waals surface area contributed by atoms with Gasteiger partial charge in [0.1, 0.15) is 11.4 Å². The van der Waals surface area contributed by atoms with Crippen LogP contribution in [0.1, 0.15) is 51.7 Å². The molecular weight excluding hydrogens is 236 g/mol. The fraction of sp³-hybridized carbons (Fsp3) is 0.647. The Balaban J connectivity index is 1.86. The van der Waals surface area contributed by atoms with E-state index in [0.29, 0.717) is 11.8 Å². The maximum absolute atomic E-state index is 6.52. The number of para-hydroxylation sites is 1. The van der Waals surface area contributed by atoms with Crippen molar-refractivity contribution in [2.75, 3.05) is 0 Å². The molecule has 1 saturated carbocycles. The molecule has 1 saturated heterocycles. The van der Waals surface area contributed by atoms with Crippen molar-refractivity contribution in [3.05, 3.63) is 29.8 Å². The van der Waals surface area contributed by atoms with Gasteiger partial charge in [0.05, 0.1) is 11.7 Å². The van der Waals surface area contributed by atoms with Crippen molar-refractivity contribution in [2.45, 2.75) is 57.3 Å². The quantitative estimate of drug-likeness (QED) is 0.697. The SMILES string of the molecule is CC1(C)O[C@@H]2c3ccccc3O[C@@]3(C)CC[C@@H]1C[C@@H]23. The third-order valence-corrected chi connectivity index (χ3v) is 5.66. The Labute approximate surface area is 115 Å². The first-order chi connectivity index (χ1) is 9.00. The summed E-state index contributed by atoms with van der Waals surface area (Å²) in [5.41, 5.74) is 1.21. The molecule has 4 atom stereocenters. The zero-order valence-electron chi connectivity index (χ0n) is 12.0. The van der Waals surface area contributed by atoms with Crippen LogP contribution in [0.3, 0.4) is 0 Å². The standard InChI is InChI=1S/C17H22O2/c1-16(2)11-8-9-17(3)13(10-11)15(19-16)12-6-4-5-7-14(12)18-17/h4-7,11,13,15H,8-10H2,1-3H3/t11-,13+,15-,17+/m1/s1. The first-order valence-electron chi connectivity index (χ1n) is 7.45. The molecule has 1 aromatic rings. The minimum Gasteiger partial charge on any atom is -0.487 e. The maximum atomic E-state index is 6.52. The van der Waals surface area contributed by atoms with Crippen molar-refractivity contribution in [3.8, 4) is 5.75 Å². The van der Waals surface area contributed by atoms with E-state index in [2.05, 4.69) is 45.0 Å². The Morgan fingerprint density at radius 3 is 2.79 bits per heavy atom. The molecule has 2 nitrogen and oxygen atoms in total. The summed E-state index contributed by atoms with van der Waals surface area (Å²) in [5.74, 6) is 2.22. The van der Waals surface area contributed by atoms with Crippen molar-refractivity contribution in [1.82, 2.24) is 0 Å². The van der Waals surface area contributed by atoms with E-state index in [-0.39, 0.29) is 17.3 Å². The van der Waals surface area contributed by atoms with Crippen LogP contribution in [0, 0.1) is 11.8 Å². The highest BCUT2D eigenvalue weighted by Gasteiger charge is 2.57. The number of rotatable bonds is 0. The lowest BCUT2D eigenvalue weighted by Gasteiger charge is -2.58. The molecular formula is C17H22O2. The molecule has 3 aliphatic rings. The molecule has 2 fully saturated rings. The molecule has 0 amide bonds. The summed E-state index contributed by atoms with van der Waals surface area (Å²) < 4.78 is 12.9. The fourth-order valence-corrected chi connectivity index (χ4v) is 4.37. The Morgan fingerprint density at radius 2 is 1.95 bits per heavy atom. The zero-order chi connectivity index (χ0) is 13.3. The minimum absolute atomic E-state index is 0.00700. The van der Waals surface area contributed by atoms with Gasteiger partial charge in [-0.2, -0.15) is 0 Å². The molecule has 0 unspecified atom stereocenters. The smallest absolute Gasteiger partial charge is 0.125 e. The van der Waals surface area contributed by atoms with E-state index < -0.39 is 0 Å². The first-order valence-corrected chi connectivity index (χ1v) is 7.45. The molecule has 1 aliphatic carbocycles. The van der Waals surface area contributed by atoms with E-state index in [1.807, 2.05) is 0 Å². The second-order valence-electron chi connectivity index (χ2n) is 7.17. The normalized spacial score (nSPS) is 42.2. The molecule has 19 heavy (non-hydrogen) atoms. The van der Waals surface area contributed by atoms with Crippen molar-refractivity contribution in [1.29, 1.82) is 0 Å². The minimum atomic E-state index is -0.0357. The van der Waals surface area contributed by atoms with Crippen LogP contribution in [0.25, 0.3) is 0 Å². The monoisotopic (exact) mass is 258 g/mol. The number of hydrogen-bond donors (Lipinski definition) is 0. The Morgan fingerprint density at radius 1 is 1.16 bits per heavy atom. The van der Waals surface area contributed by atoms with E-state index in [1.165, 1.54) is 18.4 Å². The summed E-state index contributed by atoms with van der Waals surface area (Å²) in [7, 11) is 0. The highest BCUT2D eigenvalue weighted by molar-refractivity contribution is 5.40. The van der Waals surface area contributed by atoms with Gasteiger partial charge in [0, 0.05) is 11.5 Å². The summed E-state index contributed by atoms with van der Waals surface area (Å²) in [6.45, 7) is 6.79. The van der Waals surface area contributed by atoms with E-state index in [4.69, 9.17) is 9.47 Å². The van der Waals surface area contributed by atoms with Crippen molar-refractivity contribution >= 4 is 0 Å². The van der Waals surface area contributed by atoms with E-state index >= 15 is 0 Å². The van der Waals surface area contributed by atoms with Gasteiger partial charge in [-0.25, -0.2) is 0 Å². The van der Waals surface area contributed by atoms with Gasteiger partial charge < -0.3 is 9.47 Å². The Hall–Kier alpha value is -1.02. The zero-order valence-corrected chi connectivity index (χ0v) is 12.0. The van der Waals surface area contributed by atoms with Crippen LogP contribution >= 0.6 is 0 Å². The topological polar surface area (TPSA) is 18.5 Å². The molecule has 2 heteroatoms. The summed E-state index contributed by atoms with van der Waals surface area (Å²) in [6.07, 6.45) is 3.82. The van der Waals surface area contributed by atoms with E-state index in [0.717, 1.165) is 12.2 Å². The number of fused-ring (bicyclic) bond motifs is 3. The second-order valence-corrected chi connectivity index (χ2v) is 7.17. The molecule has 2 heterocycles. The van der Waals surface area contributed by atoms with E-state index in [9.17, 15) is 0 Å². The third-order valence-electron chi connectivity index (χ3n) is 5.66. The number of hydrogen-bond acceptors (Lipinski definition) is 2. The van der Waals surface area contributed by atoms with Gasteiger partial charge in [-0.15, -0.1) is 0 Å². The van der Waals surface area contributed by atoms with Gasteiger partial charge in [-0.05, 0) is 52.0 Å². The highest BCUT2D eigenvalue weighted by Crippen LogP contribution is 2.59. The van der Waals surface area contributed by atoms with Gasteiger partial charge in [0.25, 0.3) is 0 Å². The Bertz CT molecular complexity index is 522. The molecule has 1 aromatic carbocycles. The summed E-state index contributed by atoms with van der Waals surface area (Å²) >= 11 is 0. The van der Waals surface area contributed by atoms with Gasteiger partial charge >= 0.3 is 0 Å². The maximum Gasteiger partial charge on any atom is 0.125 e. The van der Waals surface area contributed by atoms with Crippen molar-refractivity contribution in [3.63, 3.8) is 0 Å². The van der Waals surface area contributed by atoms with Crippen LogP contribution in [0.5, 0.6) is 5.75 Å². The molecule has 2 bridgehead atoms. The van der Waals surface area contributed by atoms with Crippen LogP contribution in [0.2, 0.25) is 0 Å². The van der Waals surface area contributed by atoms with Gasteiger partial charge in [0.2, 0.25) is 0 Å². The van der Waals surface area contributed by atoms with Crippen LogP contribution in [-0.4, -0.2) is 11.2 Å². The molecule has 2 aliphatic heterocycles. The largest absolute Gasteiger partial charge is 0.487 e. The molecule has 0 aromatic heterocycles. The van der Waals surface area contributed by atoms with Crippen LogP contribution in [0.15, 0.2) is 24.3 Å². The third kappa shape index (κ3) is 1.53. The lowest BCUT2D eigenvalue weighted by atomic mass is 9.61. The number of ether oxygens (including phenoxy) is 2. The lowest BCUT2D eigenvalue weighted by molar-refractivity contribution is -0.237. The van der Waals surface area contributed by atoms with Crippen molar-refractivity contribution in [2.24, 2.45) is 11.8 Å². The van der Waals surface area contributed by atoms with Gasteiger partial charge in [0.15, 0.2) is 0 Å². The molecule has 4 rings (SSSR count). The summed E-state index contributed by atoms with van der Waals surface area (Å²) in [4.78, 5) is 0. The van der Waals surface area contributed by atoms with Gasteiger partial charge in [-0.3, -0.25) is 0 Å². The number of benzene rings is 1. The lowest BCUT2D eigenvalue weighted by Crippen LogP contribution is -2.58. The van der Waals surface area contributed by atoms with Crippen molar-refractivity contribution < 1.29 is 9.47 Å². The summed E-state index contributed by atoms with van der Waals surface area (Å²) in [6, 6.07) is 8.41. The predicted molar refractivity (Wildman–Crippen MR) is 74.2 cm³/mol. The first kappa shape index (κ1) is 11.8. The van der Waals surface area contributed by atoms with Gasteiger partial charge in [-0.1, -0.05) is 18.2 Å². The van der Waals surface area contributed by atoms with Crippen LogP contribution < -0.4 is 4.74 Å². The molecule has 0 radical (unpaired) electrons. The average molecular weight is 258 g/mol. The highest BCUT2D eigenvalue weighted by atomic mass is 16.5. The molecule has 0 spiro atoms.